The number of carbonyl (C=O) groups is 1. The normalized spacial score (nSPS) is 17.2. The van der Waals surface area contributed by atoms with Gasteiger partial charge in [0.05, 0.1) is 19.2 Å². The molecule has 0 aromatic heterocycles. The molecule has 144 valence electrons. The van der Waals surface area contributed by atoms with Crippen LogP contribution in [-0.4, -0.2) is 50.1 Å². The Bertz CT molecular complexity index is 742. The third kappa shape index (κ3) is 4.80. The molecule has 1 fully saturated rings. The van der Waals surface area contributed by atoms with Crippen molar-refractivity contribution in [1.82, 2.24) is 10.2 Å². The van der Waals surface area contributed by atoms with Crippen molar-refractivity contribution in [2.75, 3.05) is 38.2 Å². The van der Waals surface area contributed by atoms with Crippen LogP contribution in [-0.2, 0) is 4.79 Å². The maximum atomic E-state index is 12.7. The van der Waals surface area contributed by atoms with Gasteiger partial charge in [-0.2, -0.15) is 0 Å². The summed E-state index contributed by atoms with van der Waals surface area (Å²) in [4.78, 5) is 17.3. The molecule has 1 aliphatic rings. The molecular formula is C22H29N3O2. The fourth-order valence-electron chi connectivity index (χ4n) is 3.50. The van der Waals surface area contributed by atoms with Crippen molar-refractivity contribution in [2.24, 2.45) is 0 Å². The summed E-state index contributed by atoms with van der Waals surface area (Å²) in [5, 5.41) is 3.14. The monoisotopic (exact) mass is 367 g/mol. The highest BCUT2D eigenvalue weighted by atomic mass is 16.5. The Kier molecular flexibility index (Phi) is 6.35. The van der Waals surface area contributed by atoms with E-state index in [1.807, 2.05) is 56.3 Å². The summed E-state index contributed by atoms with van der Waals surface area (Å²) in [6.07, 6.45) is 0. The molecule has 1 aliphatic heterocycles. The zero-order valence-corrected chi connectivity index (χ0v) is 16.4. The van der Waals surface area contributed by atoms with Crippen LogP contribution in [0.25, 0.3) is 0 Å². The van der Waals surface area contributed by atoms with Gasteiger partial charge in [-0.3, -0.25) is 9.69 Å². The van der Waals surface area contributed by atoms with Crippen LogP contribution in [0.5, 0.6) is 5.75 Å². The zero-order chi connectivity index (χ0) is 19.2. The van der Waals surface area contributed by atoms with Gasteiger partial charge in [-0.05, 0) is 31.5 Å². The Hall–Kier alpha value is -2.53. The summed E-state index contributed by atoms with van der Waals surface area (Å²) >= 11 is 0. The molecule has 0 radical (unpaired) electrons. The molecule has 0 unspecified atom stereocenters. The molecule has 0 bridgehead atoms. The van der Waals surface area contributed by atoms with Crippen molar-refractivity contribution < 1.29 is 9.53 Å². The van der Waals surface area contributed by atoms with E-state index >= 15 is 0 Å². The minimum Gasteiger partial charge on any atom is -0.497 e. The van der Waals surface area contributed by atoms with Gasteiger partial charge in [0.15, 0.2) is 0 Å². The number of benzene rings is 2. The lowest BCUT2D eigenvalue weighted by Gasteiger charge is -2.38. The van der Waals surface area contributed by atoms with Crippen molar-refractivity contribution in [2.45, 2.75) is 25.9 Å². The van der Waals surface area contributed by atoms with Gasteiger partial charge in [0.2, 0.25) is 5.91 Å². The average molecular weight is 367 g/mol. The number of nitrogens with zero attached hydrogens (tertiary/aromatic N) is 2. The zero-order valence-electron chi connectivity index (χ0n) is 16.4. The van der Waals surface area contributed by atoms with E-state index in [1.54, 1.807) is 7.11 Å². The summed E-state index contributed by atoms with van der Waals surface area (Å²) in [6.45, 7) is 7.56. The van der Waals surface area contributed by atoms with E-state index in [4.69, 9.17) is 4.74 Å². The lowest BCUT2D eigenvalue weighted by Crippen LogP contribution is -2.54. The van der Waals surface area contributed by atoms with Crippen LogP contribution in [0.15, 0.2) is 54.6 Å². The second-order valence-electron chi connectivity index (χ2n) is 7.04. The minimum atomic E-state index is -0.136. The number of piperazine rings is 1. The molecular weight excluding hydrogens is 338 g/mol. The number of hydrogen-bond donors (Lipinski definition) is 1. The van der Waals surface area contributed by atoms with Gasteiger partial charge in [-0.15, -0.1) is 0 Å². The van der Waals surface area contributed by atoms with Crippen molar-refractivity contribution >= 4 is 11.6 Å². The molecule has 0 aliphatic carbocycles. The topological polar surface area (TPSA) is 44.8 Å². The molecule has 1 amide bonds. The molecule has 5 heteroatoms. The maximum Gasteiger partial charge on any atom is 0.237 e. The van der Waals surface area contributed by atoms with Crippen LogP contribution >= 0.6 is 0 Å². The second kappa shape index (κ2) is 8.91. The van der Waals surface area contributed by atoms with Gasteiger partial charge in [0.1, 0.15) is 5.75 Å². The molecule has 5 nitrogen and oxygen atoms in total. The molecule has 2 aromatic carbocycles. The third-order valence-corrected chi connectivity index (χ3v) is 5.32. The van der Waals surface area contributed by atoms with E-state index in [9.17, 15) is 4.79 Å². The minimum absolute atomic E-state index is 0.0132. The predicted octanol–water partition coefficient (Wildman–Crippen LogP) is 3.08. The number of anilines is 1. The molecule has 0 saturated carbocycles. The summed E-state index contributed by atoms with van der Waals surface area (Å²) in [6, 6.07) is 18.1. The number of ether oxygens (including phenoxy) is 1. The van der Waals surface area contributed by atoms with E-state index in [1.165, 1.54) is 5.69 Å². The Morgan fingerprint density at radius 1 is 1.00 bits per heavy atom. The number of nitrogens with one attached hydrogen (secondary N) is 1. The predicted molar refractivity (Wildman–Crippen MR) is 109 cm³/mol. The van der Waals surface area contributed by atoms with Crippen LogP contribution in [0.1, 0.15) is 25.5 Å². The van der Waals surface area contributed by atoms with Crippen molar-refractivity contribution in [1.29, 1.82) is 0 Å². The summed E-state index contributed by atoms with van der Waals surface area (Å²) in [7, 11) is 1.69. The highest BCUT2D eigenvalue weighted by Gasteiger charge is 2.26. The van der Waals surface area contributed by atoms with Gasteiger partial charge in [-0.25, -0.2) is 0 Å². The second-order valence-corrected chi connectivity index (χ2v) is 7.04. The first kappa shape index (κ1) is 19.2. The van der Waals surface area contributed by atoms with E-state index in [0.29, 0.717) is 0 Å². The lowest BCUT2D eigenvalue weighted by molar-refractivity contribution is -0.126. The fourth-order valence-corrected chi connectivity index (χ4v) is 3.50. The van der Waals surface area contributed by atoms with E-state index in [2.05, 4.69) is 27.2 Å². The van der Waals surface area contributed by atoms with Crippen LogP contribution in [0.3, 0.4) is 0 Å². The molecule has 1 heterocycles. The van der Waals surface area contributed by atoms with Gasteiger partial charge < -0.3 is 15.0 Å². The third-order valence-electron chi connectivity index (χ3n) is 5.32. The molecule has 0 spiro atoms. The van der Waals surface area contributed by atoms with Crippen LogP contribution in [0.2, 0.25) is 0 Å². The smallest absolute Gasteiger partial charge is 0.237 e. The van der Waals surface area contributed by atoms with E-state index in [-0.39, 0.29) is 18.0 Å². The number of rotatable bonds is 6. The Morgan fingerprint density at radius 3 is 2.37 bits per heavy atom. The number of hydrogen-bond acceptors (Lipinski definition) is 4. The van der Waals surface area contributed by atoms with Crippen molar-refractivity contribution in [3.05, 3.63) is 60.2 Å². The highest BCUT2D eigenvalue weighted by Crippen LogP contribution is 2.22. The van der Waals surface area contributed by atoms with Crippen molar-refractivity contribution in [3.8, 4) is 5.75 Å². The summed E-state index contributed by atoms with van der Waals surface area (Å²) in [5.41, 5.74) is 2.30. The van der Waals surface area contributed by atoms with E-state index in [0.717, 1.165) is 37.5 Å². The quantitative estimate of drug-likeness (QED) is 0.852. The molecule has 3 rings (SSSR count). The van der Waals surface area contributed by atoms with Gasteiger partial charge in [0, 0.05) is 37.9 Å². The Labute approximate surface area is 161 Å². The number of carbonyl (C=O) groups excluding carboxylic acids is 1. The first-order chi connectivity index (χ1) is 13.1. The Balaban J connectivity index is 1.53. The average Bonchev–Trinajstić information content (AvgIpc) is 2.74. The molecule has 1 N–H and O–H groups in total. The Morgan fingerprint density at radius 2 is 1.70 bits per heavy atom. The van der Waals surface area contributed by atoms with Gasteiger partial charge in [-0.1, -0.05) is 36.4 Å². The van der Waals surface area contributed by atoms with E-state index < -0.39 is 0 Å². The van der Waals surface area contributed by atoms with Crippen LogP contribution < -0.4 is 15.0 Å². The lowest BCUT2D eigenvalue weighted by atomic mass is 10.1. The van der Waals surface area contributed by atoms with Gasteiger partial charge in [0.25, 0.3) is 0 Å². The number of methoxy groups -OCH3 is 1. The summed E-state index contributed by atoms with van der Waals surface area (Å²) < 4.78 is 5.32. The number of amides is 1. The maximum absolute atomic E-state index is 12.7. The van der Waals surface area contributed by atoms with Crippen LogP contribution in [0, 0.1) is 0 Å². The molecule has 2 atom stereocenters. The van der Waals surface area contributed by atoms with Gasteiger partial charge >= 0.3 is 0 Å². The standard InChI is InChI=1S/C22H29N3O2/c1-17(19-8-5-4-6-9-19)23-22(26)18(2)24-12-14-25(15-13-24)20-10-7-11-21(16-20)27-3/h4-11,16-18H,12-15H2,1-3H3,(H,23,26)/t17-,18+/m1/s1. The molecule has 2 aromatic rings. The van der Waals surface area contributed by atoms with Crippen molar-refractivity contribution in [3.63, 3.8) is 0 Å². The molecule has 27 heavy (non-hydrogen) atoms. The summed E-state index contributed by atoms with van der Waals surface area (Å²) in [5.74, 6) is 0.957. The SMILES string of the molecule is COc1cccc(N2CCN([C@@H](C)C(=O)N[C@H](C)c3ccccc3)CC2)c1. The first-order valence-electron chi connectivity index (χ1n) is 9.57. The first-order valence-corrected chi connectivity index (χ1v) is 9.57. The fraction of sp³-hybridized carbons (Fsp3) is 0.409. The highest BCUT2D eigenvalue weighted by molar-refractivity contribution is 5.81. The van der Waals surface area contributed by atoms with Crippen LogP contribution in [0.4, 0.5) is 5.69 Å². The largest absolute Gasteiger partial charge is 0.497 e. The molecule has 1 saturated heterocycles.